The fourth-order valence-corrected chi connectivity index (χ4v) is 2.28. The molecule has 3 N–H and O–H groups in total. The Morgan fingerprint density at radius 3 is 2.83 bits per heavy atom. The van der Waals surface area contributed by atoms with Gasteiger partial charge in [0.2, 0.25) is 5.91 Å². The second-order valence-electron chi connectivity index (χ2n) is 4.55. The Balaban J connectivity index is 2.06. The summed E-state index contributed by atoms with van der Waals surface area (Å²) in [5.41, 5.74) is 8.34. The van der Waals surface area contributed by atoms with E-state index in [1.165, 1.54) is 0 Å². The van der Waals surface area contributed by atoms with Gasteiger partial charge in [-0.1, -0.05) is 12.1 Å². The van der Waals surface area contributed by atoms with Gasteiger partial charge in [-0.05, 0) is 24.6 Å². The maximum Gasteiger partial charge on any atom is 0.228 e. The first-order chi connectivity index (χ1) is 8.63. The van der Waals surface area contributed by atoms with E-state index in [-0.39, 0.29) is 11.9 Å². The normalized spacial score (nSPS) is 18.3. The minimum atomic E-state index is -0.0527. The molecule has 1 atom stereocenters. The van der Waals surface area contributed by atoms with Crippen LogP contribution in [0.4, 0.5) is 11.5 Å². The first-order valence-electron chi connectivity index (χ1n) is 5.85. The highest BCUT2D eigenvalue weighted by atomic mass is 16.1. The van der Waals surface area contributed by atoms with Gasteiger partial charge in [-0.25, -0.2) is 4.68 Å². The summed E-state index contributed by atoms with van der Waals surface area (Å²) in [7, 11) is 0. The molecule has 2 heterocycles. The highest BCUT2D eigenvalue weighted by Crippen LogP contribution is 2.30. The number of benzene rings is 1. The summed E-state index contributed by atoms with van der Waals surface area (Å²) in [6.07, 6.45) is 0.401. The van der Waals surface area contributed by atoms with Crippen LogP contribution in [-0.4, -0.2) is 15.7 Å². The number of fused-ring (bicyclic) bond motifs is 1. The molecule has 0 fully saturated rings. The van der Waals surface area contributed by atoms with Crippen LogP contribution in [0.1, 0.15) is 23.7 Å². The van der Waals surface area contributed by atoms with Gasteiger partial charge < -0.3 is 11.1 Å². The summed E-state index contributed by atoms with van der Waals surface area (Å²) in [6, 6.07) is 9.40. The van der Waals surface area contributed by atoms with Gasteiger partial charge in [0, 0.05) is 11.8 Å². The third-order valence-corrected chi connectivity index (χ3v) is 3.12. The topological polar surface area (TPSA) is 72.9 Å². The maximum absolute atomic E-state index is 11.7. The Hall–Kier alpha value is -2.30. The number of nitrogen functional groups attached to an aromatic ring is 1. The van der Waals surface area contributed by atoms with E-state index in [4.69, 9.17) is 5.73 Å². The molecule has 0 aliphatic carbocycles. The third kappa shape index (κ3) is 1.73. The van der Waals surface area contributed by atoms with E-state index >= 15 is 0 Å². The second kappa shape index (κ2) is 3.87. The van der Waals surface area contributed by atoms with E-state index in [2.05, 4.69) is 10.4 Å². The average Bonchev–Trinajstić information content (AvgIpc) is 2.69. The van der Waals surface area contributed by atoms with Gasteiger partial charge in [0.15, 0.2) is 0 Å². The summed E-state index contributed by atoms with van der Waals surface area (Å²) < 4.78 is 1.86. The van der Waals surface area contributed by atoms with Crippen LogP contribution in [-0.2, 0) is 4.79 Å². The van der Waals surface area contributed by atoms with Gasteiger partial charge in [-0.2, -0.15) is 5.10 Å². The van der Waals surface area contributed by atoms with Gasteiger partial charge in [0.25, 0.3) is 0 Å². The summed E-state index contributed by atoms with van der Waals surface area (Å²) in [4.78, 5) is 11.7. The lowest BCUT2D eigenvalue weighted by Crippen LogP contribution is -2.28. The molecule has 0 radical (unpaired) electrons. The molecule has 0 spiro atoms. The van der Waals surface area contributed by atoms with Crippen LogP contribution in [0.5, 0.6) is 0 Å². The number of carbonyl (C=O) groups excluding carboxylic acids is 1. The number of carbonyl (C=O) groups is 1. The van der Waals surface area contributed by atoms with Gasteiger partial charge in [-0.15, -0.1) is 0 Å². The van der Waals surface area contributed by atoms with Crippen LogP contribution < -0.4 is 11.1 Å². The van der Waals surface area contributed by atoms with Crippen molar-refractivity contribution in [3.8, 4) is 0 Å². The number of rotatable bonds is 1. The Morgan fingerprint density at radius 1 is 1.39 bits per heavy atom. The zero-order chi connectivity index (χ0) is 12.7. The molecule has 1 aromatic carbocycles. The quantitative estimate of drug-likeness (QED) is 0.748. The number of hydrogen-bond donors (Lipinski definition) is 2. The number of hydrogen-bond acceptors (Lipinski definition) is 3. The minimum Gasteiger partial charge on any atom is -0.399 e. The number of aromatic nitrogens is 2. The zero-order valence-corrected chi connectivity index (χ0v) is 10.1. The molecule has 5 nitrogen and oxygen atoms in total. The Kier molecular flexibility index (Phi) is 2.33. The molecule has 1 amide bonds. The smallest absolute Gasteiger partial charge is 0.228 e. The third-order valence-electron chi connectivity index (χ3n) is 3.12. The van der Waals surface area contributed by atoms with Crippen molar-refractivity contribution in [3.63, 3.8) is 0 Å². The number of nitrogens with one attached hydrogen (secondary N) is 1. The molecule has 5 heteroatoms. The standard InChI is InChI=1S/C13H14N4O/c1-8-6-12-15-13(18)7-11(17(12)16-8)9-2-4-10(14)5-3-9/h2-6,11H,7,14H2,1H3,(H,15,18). The van der Waals surface area contributed by atoms with Crippen molar-refractivity contribution in [2.75, 3.05) is 11.1 Å². The minimum absolute atomic E-state index is 0.0178. The number of nitrogens with two attached hydrogens (primary N) is 1. The van der Waals surface area contributed by atoms with Gasteiger partial charge in [0.1, 0.15) is 5.82 Å². The van der Waals surface area contributed by atoms with Crippen LogP contribution in [0.2, 0.25) is 0 Å². The van der Waals surface area contributed by atoms with E-state index in [0.29, 0.717) is 6.42 Å². The van der Waals surface area contributed by atoms with Crippen LogP contribution in [0.15, 0.2) is 30.3 Å². The summed E-state index contributed by atoms with van der Waals surface area (Å²) in [5.74, 6) is 0.773. The van der Waals surface area contributed by atoms with E-state index in [1.807, 2.05) is 41.9 Å². The fourth-order valence-electron chi connectivity index (χ4n) is 2.28. The van der Waals surface area contributed by atoms with Crippen molar-refractivity contribution in [1.82, 2.24) is 9.78 Å². The first-order valence-corrected chi connectivity index (χ1v) is 5.85. The predicted molar refractivity (Wildman–Crippen MR) is 69.2 cm³/mol. The van der Waals surface area contributed by atoms with Crippen LogP contribution >= 0.6 is 0 Å². The van der Waals surface area contributed by atoms with Crippen LogP contribution in [0, 0.1) is 6.92 Å². The lowest BCUT2D eigenvalue weighted by Gasteiger charge is -2.24. The molecule has 18 heavy (non-hydrogen) atoms. The van der Waals surface area contributed by atoms with Crippen molar-refractivity contribution in [2.45, 2.75) is 19.4 Å². The average molecular weight is 242 g/mol. The molecule has 1 aliphatic heterocycles. The number of amides is 1. The Morgan fingerprint density at radius 2 is 2.11 bits per heavy atom. The lowest BCUT2D eigenvalue weighted by atomic mass is 10.0. The molecule has 1 aliphatic rings. The maximum atomic E-state index is 11.7. The Labute approximate surface area is 105 Å². The zero-order valence-electron chi connectivity index (χ0n) is 10.1. The number of aryl methyl sites for hydroxylation is 1. The van der Waals surface area contributed by atoms with Gasteiger partial charge in [-0.3, -0.25) is 4.79 Å². The molecule has 92 valence electrons. The van der Waals surface area contributed by atoms with Crippen molar-refractivity contribution in [1.29, 1.82) is 0 Å². The molecule has 3 rings (SSSR count). The van der Waals surface area contributed by atoms with Crippen molar-refractivity contribution in [3.05, 3.63) is 41.6 Å². The van der Waals surface area contributed by atoms with Gasteiger partial charge in [0.05, 0.1) is 18.2 Å². The van der Waals surface area contributed by atoms with Crippen molar-refractivity contribution in [2.24, 2.45) is 0 Å². The van der Waals surface area contributed by atoms with E-state index in [9.17, 15) is 4.79 Å². The summed E-state index contributed by atoms with van der Waals surface area (Å²) >= 11 is 0. The van der Waals surface area contributed by atoms with E-state index in [0.717, 1.165) is 22.8 Å². The number of anilines is 2. The molecule has 0 bridgehead atoms. The molecular weight excluding hydrogens is 228 g/mol. The predicted octanol–water partition coefficient (Wildman–Crippen LogP) is 1.71. The monoisotopic (exact) mass is 242 g/mol. The van der Waals surface area contributed by atoms with Gasteiger partial charge >= 0.3 is 0 Å². The summed E-state index contributed by atoms with van der Waals surface area (Å²) in [6.45, 7) is 1.91. The largest absolute Gasteiger partial charge is 0.399 e. The molecular formula is C13H14N4O. The highest BCUT2D eigenvalue weighted by molar-refractivity contribution is 5.92. The SMILES string of the molecule is Cc1cc2n(n1)C(c1ccc(N)cc1)CC(=O)N2. The molecule has 2 aromatic rings. The second-order valence-corrected chi connectivity index (χ2v) is 4.55. The first kappa shape index (κ1) is 10.8. The highest BCUT2D eigenvalue weighted by Gasteiger charge is 2.27. The fraction of sp³-hybridized carbons (Fsp3) is 0.231. The van der Waals surface area contributed by atoms with Crippen molar-refractivity contribution < 1.29 is 4.79 Å². The molecule has 0 saturated carbocycles. The van der Waals surface area contributed by atoms with Crippen molar-refractivity contribution >= 4 is 17.4 Å². The lowest BCUT2D eigenvalue weighted by molar-refractivity contribution is -0.117. The van der Waals surface area contributed by atoms with Crippen LogP contribution in [0.25, 0.3) is 0 Å². The number of nitrogens with zero attached hydrogens (tertiary/aromatic N) is 2. The van der Waals surface area contributed by atoms with Crippen LogP contribution in [0.3, 0.4) is 0 Å². The molecule has 1 unspecified atom stereocenters. The van der Waals surface area contributed by atoms with E-state index in [1.54, 1.807) is 0 Å². The van der Waals surface area contributed by atoms with E-state index < -0.39 is 0 Å². The molecule has 0 saturated heterocycles. The summed E-state index contributed by atoms with van der Waals surface area (Å²) in [5, 5.41) is 7.27. The Bertz CT molecular complexity index is 600. The molecule has 1 aromatic heterocycles.